The van der Waals surface area contributed by atoms with Crippen molar-refractivity contribution in [2.75, 3.05) is 0 Å². The van der Waals surface area contributed by atoms with Gasteiger partial charge in [-0.2, -0.15) is 5.10 Å². The van der Waals surface area contributed by atoms with Crippen LogP contribution in [-0.4, -0.2) is 16.7 Å². The quantitative estimate of drug-likeness (QED) is 0.590. The second-order valence-corrected chi connectivity index (χ2v) is 6.06. The first-order valence-corrected chi connectivity index (χ1v) is 7.65. The topological polar surface area (TPSA) is 61.7 Å². The fourth-order valence-corrected chi connectivity index (χ4v) is 2.90. The Morgan fingerprint density at radius 1 is 1.19 bits per heavy atom. The lowest BCUT2D eigenvalue weighted by Gasteiger charge is -2.07. The molecule has 0 spiro atoms. The van der Waals surface area contributed by atoms with E-state index in [1.807, 2.05) is 30.3 Å². The zero-order valence-corrected chi connectivity index (χ0v) is 14.3. The van der Waals surface area contributed by atoms with Crippen molar-refractivity contribution in [2.45, 2.75) is 6.92 Å². The third kappa shape index (κ3) is 3.92. The summed E-state index contributed by atoms with van der Waals surface area (Å²) in [4.78, 5) is 12.1. The smallest absolute Gasteiger partial charge is 0.275 e. The first-order chi connectivity index (χ1) is 9.99. The fourth-order valence-electron chi connectivity index (χ4n) is 1.68. The minimum Gasteiger partial charge on any atom is -0.506 e. The Balaban J connectivity index is 2.19. The van der Waals surface area contributed by atoms with Crippen molar-refractivity contribution in [2.24, 2.45) is 5.10 Å². The van der Waals surface area contributed by atoms with Crippen LogP contribution in [0, 0.1) is 0 Å². The van der Waals surface area contributed by atoms with E-state index in [4.69, 9.17) is 0 Å². The highest BCUT2D eigenvalue weighted by molar-refractivity contribution is 9.11. The molecule has 0 bridgehead atoms. The minimum atomic E-state index is -0.482. The van der Waals surface area contributed by atoms with Gasteiger partial charge in [-0.3, -0.25) is 4.79 Å². The van der Waals surface area contributed by atoms with Crippen molar-refractivity contribution in [1.29, 1.82) is 0 Å². The highest BCUT2D eigenvalue weighted by Gasteiger charge is 2.14. The van der Waals surface area contributed by atoms with Crippen LogP contribution in [0.15, 0.2) is 56.5 Å². The molecule has 2 aromatic rings. The predicted octanol–water partition coefficient (Wildman–Crippen LogP) is 4.07. The largest absolute Gasteiger partial charge is 0.506 e. The summed E-state index contributed by atoms with van der Waals surface area (Å²) < 4.78 is 1.12. The number of aromatic hydroxyl groups is 1. The number of phenols is 1. The molecule has 0 aromatic heterocycles. The second kappa shape index (κ2) is 6.87. The van der Waals surface area contributed by atoms with E-state index in [0.29, 0.717) is 14.7 Å². The van der Waals surface area contributed by atoms with Gasteiger partial charge in [-0.25, -0.2) is 5.43 Å². The average molecular weight is 412 g/mol. The number of carbonyl (C=O) groups excluding carboxylic acids is 1. The summed E-state index contributed by atoms with van der Waals surface area (Å²) in [6.45, 7) is 1.80. The number of hydrogen-bond acceptors (Lipinski definition) is 3. The van der Waals surface area contributed by atoms with E-state index in [1.165, 1.54) is 6.07 Å². The van der Waals surface area contributed by atoms with E-state index < -0.39 is 5.91 Å². The van der Waals surface area contributed by atoms with Crippen molar-refractivity contribution in [1.82, 2.24) is 5.43 Å². The second-order valence-electron chi connectivity index (χ2n) is 4.29. The van der Waals surface area contributed by atoms with Gasteiger partial charge in [-0.15, -0.1) is 0 Å². The molecule has 4 nitrogen and oxygen atoms in total. The molecular formula is C15H12Br2N2O2. The van der Waals surface area contributed by atoms with Gasteiger partial charge in [0.1, 0.15) is 5.75 Å². The zero-order valence-electron chi connectivity index (χ0n) is 11.1. The summed E-state index contributed by atoms with van der Waals surface area (Å²) in [6, 6.07) is 12.7. The summed E-state index contributed by atoms with van der Waals surface area (Å²) in [6.07, 6.45) is 0. The van der Waals surface area contributed by atoms with Crippen LogP contribution in [0.4, 0.5) is 0 Å². The van der Waals surface area contributed by atoms with Gasteiger partial charge in [0.25, 0.3) is 5.91 Å². The first kappa shape index (κ1) is 15.7. The molecule has 0 radical (unpaired) electrons. The van der Waals surface area contributed by atoms with E-state index in [0.717, 1.165) is 5.56 Å². The molecule has 21 heavy (non-hydrogen) atoms. The summed E-state index contributed by atoms with van der Waals surface area (Å²) in [5.74, 6) is -0.604. The number of hydrazone groups is 1. The van der Waals surface area contributed by atoms with Gasteiger partial charge < -0.3 is 5.11 Å². The highest BCUT2D eigenvalue weighted by Crippen LogP contribution is 2.31. The Morgan fingerprint density at radius 2 is 1.86 bits per heavy atom. The molecule has 0 saturated heterocycles. The molecule has 108 valence electrons. The molecular weight excluding hydrogens is 400 g/mol. The number of hydrogen-bond donors (Lipinski definition) is 2. The van der Waals surface area contributed by atoms with Crippen LogP contribution in [0.25, 0.3) is 0 Å². The maximum absolute atomic E-state index is 12.1. The molecule has 6 heteroatoms. The number of nitrogens with zero attached hydrogens (tertiary/aromatic N) is 1. The lowest BCUT2D eigenvalue weighted by molar-refractivity contribution is 0.0952. The lowest BCUT2D eigenvalue weighted by Crippen LogP contribution is -2.19. The SMILES string of the molecule is C/C(=N/NC(=O)c1cc(Br)cc(Br)c1O)c1ccccc1. The first-order valence-electron chi connectivity index (χ1n) is 6.07. The number of carbonyl (C=O) groups is 1. The van der Waals surface area contributed by atoms with Crippen LogP contribution >= 0.6 is 31.9 Å². The monoisotopic (exact) mass is 410 g/mol. The van der Waals surface area contributed by atoms with E-state index in [2.05, 4.69) is 42.4 Å². The standard InChI is InChI=1S/C15H12Br2N2O2/c1-9(10-5-3-2-4-6-10)18-19-15(21)12-7-11(16)8-13(17)14(12)20/h2-8,20H,1H3,(H,19,21)/b18-9-. The molecule has 2 rings (SSSR count). The summed E-state index contributed by atoms with van der Waals surface area (Å²) in [5, 5.41) is 13.9. The van der Waals surface area contributed by atoms with Gasteiger partial charge in [0.2, 0.25) is 0 Å². The molecule has 0 aliphatic heterocycles. The predicted molar refractivity (Wildman–Crippen MR) is 89.6 cm³/mol. The Kier molecular flexibility index (Phi) is 5.14. The van der Waals surface area contributed by atoms with Gasteiger partial charge in [-0.1, -0.05) is 46.3 Å². The number of benzene rings is 2. The minimum absolute atomic E-state index is 0.122. The molecule has 0 saturated carbocycles. The lowest BCUT2D eigenvalue weighted by atomic mass is 10.1. The number of rotatable bonds is 3. The van der Waals surface area contributed by atoms with E-state index in [1.54, 1.807) is 13.0 Å². The molecule has 0 fully saturated rings. The van der Waals surface area contributed by atoms with Crippen molar-refractivity contribution < 1.29 is 9.90 Å². The summed E-state index contributed by atoms with van der Waals surface area (Å²) >= 11 is 6.46. The highest BCUT2D eigenvalue weighted by atomic mass is 79.9. The summed E-state index contributed by atoms with van der Waals surface area (Å²) in [7, 11) is 0. The maximum atomic E-state index is 12.1. The van der Waals surface area contributed by atoms with Gasteiger partial charge in [0, 0.05) is 4.47 Å². The molecule has 0 aliphatic rings. The van der Waals surface area contributed by atoms with Crippen LogP contribution in [0.1, 0.15) is 22.8 Å². The molecule has 0 unspecified atom stereocenters. The number of amides is 1. The normalized spacial score (nSPS) is 11.3. The van der Waals surface area contributed by atoms with Crippen molar-refractivity contribution in [3.8, 4) is 5.75 Å². The molecule has 0 heterocycles. The van der Waals surface area contributed by atoms with Crippen LogP contribution in [-0.2, 0) is 0 Å². The van der Waals surface area contributed by atoms with Crippen molar-refractivity contribution in [3.05, 3.63) is 62.5 Å². The van der Waals surface area contributed by atoms with E-state index >= 15 is 0 Å². The van der Waals surface area contributed by atoms with Crippen LogP contribution < -0.4 is 5.43 Å². The van der Waals surface area contributed by atoms with Gasteiger partial charge in [0.15, 0.2) is 0 Å². The number of halogens is 2. The Morgan fingerprint density at radius 3 is 2.52 bits per heavy atom. The zero-order chi connectivity index (χ0) is 15.4. The van der Waals surface area contributed by atoms with E-state index in [9.17, 15) is 9.90 Å². The van der Waals surface area contributed by atoms with Crippen LogP contribution in [0.3, 0.4) is 0 Å². The third-order valence-electron chi connectivity index (χ3n) is 2.79. The average Bonchev–Trinajstić information content (AvgIpc) is 2.49. The molecule has 1 amide bonds. The molecule has 0 aliphatic carbocycles. The van der Waals surface area contributed by atoms with Crippen LogP contribution in [0.2, 0.25) is 0 Å². The van der Waals surface area contributed by atoms with Crippen molar-refractivity contribution in [3.63, 3.8) is 0 Å². The van der Waals surface area contributed by atoms with Crippen LogP contribution in [0.5, 0.6) is 5.75 Å². The molecule has 2 aromatic carbocycles. The third-order valence-corrected chi connectivity index (χ3v) is 3.85. The Bertz CT molecular complexity index is 700. The number of nitrogens with one attached hydrogen (secondary N) is 1. The number of phenolic OH excluding ortho intramolecular Hbond substituents is 1. The fraction of sp³-hybridized carbons (Fsp3) is 0.0667. The Labute approximate surface area is 139 Å². The Hall–Kier alpha value is -1.66. The van der Waals surface area contributed by atoms with Gasteiger partial charge in [0.05, 0.1) is 15.7 Å². The molecule has 0 atom stereocenters. The molecule has 2 N–H and O–H groups in total. The van der Waals surface area contributed by atoms with Crippen molar-refractivity contribution >= 4 is 43.5 Å². The van der Waals surface area contributed by atoms with Gasteiger partial charge >= 0.3 is 0 Å². The maximum Gasteiger partial charge on any atom is 0.275 e. The summed E-state index contributed by atoms with van der Waals surface area (Å²) in [5.41, 5.74) is 4.17. The van der Waals surface area contributed by atoms with E-state index in [-0.39, 0.29) is 11.3 Å². The van der Waals surface area contributed by atoms with Gasteiger partial charge in [-0.05, 0) is 40.5 Å².